The predicted molar refractivity (Wildman–Crippen MR) is 139 cm³/mol. The Morgan fingerprint density at radius 3 is 2.71 bits per heavy atom. The molecule has 176 valence electrons. The number of aromatic nitrogens is 3. The van der Waals surface area contributed by atoms with Crippen molar-refractivity contribution in [3.8, 4) is 0 Å². The van der Waals surface area contributed by atoms with Gasteiger partial charge in [-0.1, -0.05) is 24.3 Å². The lowest BCUT2D eigenvalue weighted by Crippen LogP contribution is -2.38. The van der Waals surface area contributed by atoms with E-state index < -0.39 is 0 Å². The number of para-hydroxylation sites is 1. The third-order valence-electron chi connectivity index (χ3n) is 6.61. The number of carbonyl (C=O) groups is 1. The van der Waals surface area contributed by atoms with E-state index in [-0.39, 0.29) is 5.91 Å². The van der Waals surface area contributed by atoms with E-state index in [2.05, 4.69) is 36.6 Å². The molecule has 0 bridgehead atoms. The molecule has 4 heterocycles. The van der Waals surface area contributed by atoms with Crippen LogP contribution in [0.5, 0.6) is 0 Å². The molecule has 35 heavy (non-hydrogen) atoms. The van der Waals surface area contributed by atoms with Gasteiger partial charge in [0.05, 0.1) is 23.9 Å². The Kier molecular flexibility index (Phi) is 5.71. The Morgan fingerprint density at radius 2 is 1.80 bits per heavy atom. The van der Waals surface area contributed by atoms with Gasteiger partial charge >= 0.3 is 0 Å². The highest BCUT2D eigenvalue weighted by Gasteiger charge is 2.27. The summed E-state index contributed by atoms with van der Waals surface area (Å²) in [6.45, 7) is 3.27. The van der Waals surface area contributed by atoms with Gasteiger partial charge in [0.1, 0.15) is 5.82 Å². The van der Waals surface area contributed by atoms with Crippen LogP contribution in [0.15, 0.2) is 67.0 Å². The second kappa shape index (κ2) is 9.31. The van der Waals surface area contributed by atoms with E-state index >= 15 is 0 Å². The molecule has 0 unspecified atom stereocenters. The van der Waals surface area contributed by atoms with Crippen molar-refractivity contribution in [1.82, 2.24) is 19.9 Å². The maximum Gasteiger partial charge on any atom is 0.241 e. The van der Waals surface area contributed by atoms with E-state index in [1.54, 1.807) is 12.4 Å². The molecule has 0 atom stereocenters. The van der Waals surface area contributed by atoms with Crippen LogP contribution in [0, 0.1) is 0 Å². The second-order valence-electron chi connectivity index (χ2n) is 9.05. The molecule has 2 aliphatic rings. The second-order valence-corrected chi connectivity index (χ2v) is 9.05. The highest BCUT2D eigenvalue weighted by molar-refractivity contribution is 5.97. The molecule has 2 aromatic carbocycles. The molecular formula is C27H27N7O. The standard InChI is InChI=1S/C27H27N7O/c35-26(18-33-12-3-4-13-33)34-14-10-19-7-8-21(16-24(19)34)31-27-28-11-9-25(32-27)30-22-15-20-5-1-2-6-23(20)29-17-22/h1-2,5-9,11,15-17H,3-4,10,12-14,18H2,(H2,28,30,31,32). The molecular weight excluding hydrogens is 438 g/mol. The van der Waals surface area contributed by atoms with Gasteiger partial charge in [0.25, 0.3) is 0 Å². The molecule has 0 saturated carbocycles. The topological polar surface area (TPSA) is 86.3 Å². The molecule has 8 heteroatoms. The molecule has 8 nitrogen and oxygen atoms in total. The average molecular weight is 466 g/mol. The fourth-order valence-electron chi connectivity index (χ4n) is 4.84. The summed E-state index contributed by atoms with van der Waals surface area (Å²) < 4.78 is 0. The van der Waals surface area contributed by atoms with Gasteiger partial charge < -0.3 is 15.5 Å². The van der Waals surface area contributed by atoms with Gasteiger partial charge in [-0.25, -0.2) is 4.98 Å². The van der Waals surface area contributed by atoms with E-state index in [9.17, 15) is 4.79 Å². The molecule has 4 aromatic rings. The van der Waals surface area contributed by atoms with Crippen molar-refractivity contribution < 1.29 is 4.79 Å². The van der Waals surface area contributed by atoms with Crippen molar-refractivity contribution in [2.75, 3.05) is 41.7 Å². The van der Waals surface area contributed by atoms with E-state index in [0.717, 1.165) is 54.0 Å². The fraction of sp³-hybridized carbons (Fsp3) is 0.259. The highest BCUT2D eigenvalue weighted by Crippen LogP contribution is 2.32. The first-order chi connectivity index (χ1) is 17.2. The molecule has 6 rings (SSSR count). The number of fused-ring (bicyclic) bond motifs is 2. The summed E-state index contributed by atoms with van der Waals surface area (Å²) in [6.07, 6.45) is 6.76. The van der Waals surface area contributed by atoms with Crippen molar-refractivity contribution in [2.24, 2.45) is 0 Å². The number of hydrogen-bond donors (Lipinski definition) is 2. The molecule has 0 spiro atoms. The zero-order valence-electron chi connectivity index (χ0n) is 19.4. The molecule has 2 aliphatic heterocycles. The third-order valence-corrected chi connectivity index (χ3v) is 6.61. The molecule has 2 aromatic heterocycles. The first-order valence-electron chi connectivity index (χ1n) is 12.1. The lowest BCUT2D eigenvalue weighted by atomic mass is 10.1. The summed E-state index contributed by atoms with van der Waals surface area (Å²) in [6, 6.07) is 18.0. The number of rotatable bonds is 6. The lowest BCUT2D eigenvalue weighted by Gasteiger charge is -2.22. The van der Waals surface area contributed by atoms with E-state index in [4.69, 9.17) is 0 Å². The molecule has 1 saturated heterocycles. The van der Waals surface area contributed by atoms with Crippen LogP contribution in [0.1, 0.15) is 18.4 Å². The fourth-order valence-corrected chi connectivity index (χ4v) is 4.84. The average Bonchev–Trinajstić information content (AvgIpc) is 3.54. The Hall–Kier alpha value is -4.04. The zero-order chi connectivity index (χ0) is 23.6. The maximum absolute atomic E-state index is 13.0. The van der Waals surface area contributed by atoms with Crippen molar-refractivity contribution in [2.45, 2.75) is 19.3 Å². The minimum Gasteiger partial charge on any atom is -0.339 e. The van der Waals surface area contributed by atoms with Crippen molar-refractivity contribution in [3.63, 3.8) is 0 Å². The van der Waals surface area contributed by atoms with Crippen LogP contribution in [0.25, 0.3) is 10.9 Å². The van der Waals surface area contributed by atoms with Crippen molar-refractivity contribution in [3.05, 3.63) is 72.6 Å². The lowest BCUT2D eigenvalue weighted by molar-refractivity contribution is -0.119. The minimum atomic E-state index is 0.175. The molecule has 1 fully saturated rings. The SMILES string of the molecule is O=C(CN1CCCC1)N1CCc2ccc(Nc3nccc(Nc4cnc5ccccc5c4)n3)cc21. The number of carbonyl (C=O) groups excluding carboxylic acids is 1. The number of likely N-dealkylation sites (tertiary alicyclic amines) is 1. The number of pyridine rings is 1. The first-order valence-corrected chi connectivity index (χ1v) is 12.1. The van der Waals surface area contributed by atoms with Gasteiger partial charge in [-0.3, -0.25) is 14.7 Å². The van der Waals surface area contributed by atoms with Crippen LogP contribution < -0.4 is 15.5 Å². The summed E-state index contributed by atoms with van der Waals surface area (Å²) in [7, 11) is 0. The summed E-state index contributed by atoms with van der Waals surface area (Å²) in [4.78, 5) is 30.6. The Bertz CT molecular complexity index is 1380. The molecule has 1 amide bonds. The monoisotopic (exact) mass is 465 g/mol. The predicted octanol–water partition coefficient (Wildman–Crippen LogP) is 4.50. The third kappa shape index (κ3) is 4.65. The van der Waals surface area contributed by atoms with Gasteiger partial charge in [-0.15, -0.1) is 0 Å². The highest BCUT2D eigenvalue weighted by atomic mass is 16.2. The van der Waals surface area contributed by atoms with Gasteiger partial charge in [0.2, 0.25) is 11.9 Å². The number of amides is 1. The molecule has 2 N–H and O–H groups in total. The minimum absolute atomic E-state index is 0.175. The Morgan fingerprint density at radius 1 is 0.914 bits per heavy atom. The molecule has 0 radical (unpaired) electrons. The van der Waals surface area contributed by atoms with Gasteiger partial charge in [0, 0.05) is 29.5 Å². The quantitative estimate of drug-likeness (QED) is 0.434. The smallest absolute Gasteiger partial charge is 0.241 e. The summed E-state index contributed by atoms with van der Waals surface area (Å²) in [5.74, 6) is 1.33. The van der Waals surface area contributed by atoms with Crippen molar-refractivity contribution >= 4 is 45.6 Å². The van der Waals surface area contributed by atoms with Crippen LogP contribution in [-0.2, 0) is 11.2 Å². The van der Waals surface area contributed by atoms with Gasteiger partial charge in [0.15, 0.2) is 0 Å². The van der Waals surface area contributed by atoms with Crippen LogP contribution in [0.4, 0.5) is 28.8 Å². The van der Waals surface area contributed by atoms with Gasteiger partial charge in [-0.2, -0.15) is 4.98 Å². The number of nitrogens with one attached hydrogen (secondary N) is 2. The molecule has 0 aliphatic carbocycles. The van der Waals surface area contributed by atoms with Crippen molar-refractivity contribution in [1.29, 1.82) is 0 Å². The number of hydrogen-bond acceptors (Lipinski definition) is 7. The van der Waals surface area contributed by atoms with E-state index in [1.165, 1.54) is 18.4 Å². The number of nitrogens with zero attached hydrogens (tertiary/aromatic N) is 5. The normalized spacial score (nSPS) is 15.4. The number of anilines is 5. The van der Waals surface area contributed by atoms with Crippen LogP contribution in [-0.4, -0.2) is 51.9 Å². The number of benzene rings is 2. The summed E-state index contributed by atoms with van der Waals surface area (Å²) in [5, 5.41) is 7.67. The zero-order valence-corrected chi connectivity index (χ0v) is 19.4. The van der Waals surface area contributed by atoms with E-state index in [1.807, 2.05) is 53.4 Å². The van der Waals surface area contributed by atoms with Crippen LogP contribution >= 0.6 is 0 Å². The van der Waals surface area contributed by atoms with E-state index in [0.29, 0.717) is 18.3 Å². The summed E-state index contributed by atoms with van der Waals surface area (Å²) >= 11 is 0. The maximum atomic E-state index is 13.0. The Balaban J connectivity index is 1.17. The Labute approximate surface area is 204 Å². The first kappa shape index (κ1) is 21.5. The largest absolute Gasteiger partial charge is 0.339 e. The van der Waals surface area contributed by atoms with Gasteiger partial charge in [-0.05, 0) is 68.2 Å². The summed E-state index contributed by atoms with van der Waals surface area (Å²) in [5.41, 5.74) is 4.85. The van der Waals surface area contributed by atoms with Crippen LogP contribution in [0.3, 0.4) is 0 Å². The van der Waals surface area contributed by atoms with Crippen LogP contribution in [0.2, 0.25) is 0 Å².